The van der Waals surface area contributed by atoms with Crippen molar-refractivity contribution in [2.45, 2.75) is 19.4 Å². The van der Waals surface area contributed by atoms with E-state index in [1.165, 1.54) is 6.07 Å². The molecule has 1 aromatic carbocycles. The van der Waals surface area contributed by atoms with E-state index in [4.69, 9.17) is 5.73 Å². The maximum absolute atomic E-state index is 9.83. The highest BCUT2D eigenvalue weighted by atomic mass is 16.3. The highest BCUT2D eigenvalue weighted by Gasteiger charge is 2.27. The van der Waals surface area contributed by atoms with E-state index in [-0.39, 0.29) is 17.5 Å². The van der Waals surface area contributed by atoms with Crippen LogP contribution in [-0.2, 0) is 0 Å². The van der Waals surface area contributed by atoms with Crippen molar-refractivity contribution in [1.82, 2.24) is 4.90 Å². The van der Waals surface area contributed by atoms with Gasteiger partial charge in [0.2, 0.25) is 0 Å². The molecular formula is C13H20N2O2. The Hall–Kier alpha value is -1.26. The number of nitrogens with two attached hydrogens (primary N) is 1. The Bertz CT molecular complexity index is 395. The number of phenolic OH excluding ortho intramolecular Hbond substituents is 2. The molecule has 2 unspecified atom stereocenters. The van der Waals surface area contributed by atoms with Gasteiger partial charge in [0.15, 0.2) is 0 Å². The molecule has 4 N–H and O–H groups in total. The van der Waals surface area contributed by atoms with Crippen LogP contribution in [0.4, 0.5) is 0 Å². The van der Waals surface area contributed by atoms with Gasteiger partial charge in [0.05, 0.1) is 0 Å². The molecule has 1 aliphatic rings. The van der Waals surface area contributed by atoms with Gasteiger partial charge in [0.25, 0.3) is 0 Å². The molecule has 1 fully saturated rings. The number of phenols is 2. The van der Waals surface area contributed by atoms with Crippen LogP contribution < -0.4 is 5.73 Å². The van der Waals surface area contributed by atoms with E-state index >= 15 is 0 Å². The molecule has 1 saturated heterocycles. The summed E-state index contributed by atoms with van der Waals surface area (Å²) in [6, 6.07) is 4.95. The first-order valence-corrected chi connectivity index (χ1v) is 6.07. The monoisotopic (exact) mass is 236 g/mol. The summed E-state index contributed by atoms with van der Waals surface area (Å²) in [5.41, 5.74) is 6.54. The maximum atomic E-state index is 9.83. The minimum Gasteiger partial charge on any atom is -0.508 e. The van der Waals surface area contributed by atoms with Crippen LogP contribution in [0.1, 0.15) is 24.9 Å². The maximum Gasteiger partial charge on any atom is 0.124 e. The molecule has 0 radical (unpaired) electrons. The van der Waals surface area contributed by atoms with Crippen molar-refractivity contribution < 1.29 is 10.2 Å². The summed E-state index contributed by atoms with van der Waals surface area (Å²) in [7, 11) is 0. The van der Waals surface area contributed by atoms with Crippen LogP contribution >= 0.6 is 0 Å². The Morgan fingerprint density at radius 1 is 1.47 bits per heavy atom. The van der Waals surface area contributed by atoms with Crippen molar-refractivity contribution in [3.05, 3.63) is 23.8 Å². The number of likely N-dealkylation sites (tertiary alicyclic amines) is 1. The molecule has 0 aliphatic carbocycles. The SMILES string of the molecule is CC(c1ccc(O)cc1O)N1CCC(CN)C1. The summed E-state index contributed by atoms with van der Waals surface area (Å²) in [6.45, 7) is 4.80. The normalized spacial score (nSPS) is 22.8. The van der Waals surface area contributed by atoms with Crippen molar-refractivity contribution >= 4 is 0 Å². The molecule has 1 heterocycles. The zero-order valence-corrected chi connectivity index (χ0v) is 10.1. The molecule has 2 atom stereocenters. The predicted octanol–water partition coefficient (Wildman–Crippen LogP) is 1.44. The second-order valence-corrected chi connectivity index (χ2v) is 4.80. The van der Waals surface area contributed by atoms with Gasteiger partial charge < -0.3 is 15.9 Å². The van der Waals surface area contributed by atoms with Gasteiger partial charge in [0, 0.05) is 24.2 Å². The summed E-state index contributed by atoms with van der Waals surface area (Å²) in [5, 5.41) is 19.1. The van der Waals surface area contributed by atoms with E-state index in [1.807, 2.05) is 0 Å². The van der Waals surface area contributed by atoms with Crippen LogP contribution in [0, 0.1) is 5.92 Å². The number of hydrogen-bond donors (Lipinski definition) is 3. The average Bonchev–Trinajstić information content (AvgIpc) is 2.76. The average molecular weight is 236 g/mol. The van der Waals surface area contributed by atoms with Gasteiger partial charge >= 0.3 is 0 Å². The molecule has 0 bridgehead atoms. The highest BCUT2D eigenvalue weighted by Crippen LogP contribution is 2.33. The van der Waals surface area contributed by atoms with E-state index in [1.54, 1.807) is 12.1 Å². The molecular weight excluding hydrogens is 216 g/mol. The zero-order valence-electron chi connectivity index (χ0n) is 10.1. The van der Waals surface area contributed by atoms with Crippen molar-refractivity contribution in [1.29, 1.82) is 0 Å². The second kappa shape index (κ2) is 4.94. The minimum atomic E-state index is 0.0970. The van der Waals surface area contributed by atoms with Crippen LogP contribution in [0.2, 0.25) is 0 Å². The fourth-order valence-corrected chi connectivity index (χ4v) is 2.49. The first-order chi connectivity index (χ1) is 8.11. The van der Waals surface area contributed by atoms with Crippen LogP contribution in [0.25, 0.3) is 0 Å². The lowest BCUT2D eigenvalue weighted by Gasteiger charge is -2.25. The molecule has 0 saturated carbocycles. The van der Waals surface area contributed by atoms with E-state index in [0.29, 0.717) is 5.92 Å². The zero-order chi connectivity index (χ0) is 12.4. The summed E-state index contributed by atoms with van der Waals surface area (Å²) in [5.74, 6) is 0.824. The number of nitrogens with zero attached hydrogens (tertiary/aromatic N) is 1. The third-order valence-corrected chi connectivity index (χ3v) is 3.66. The van der Waals surface area contributed by atoms with E-state index in [9.17, 15) is 10.2 Å². The third-order valence-electron chi connectivity index (χ3n) is 3.66. The van der Waals surface area contributed by atoms with Crippen LogP contribution in [0.3, 0.4) is 0 Å². The molecule has 0 spiro atoms. The Kier molecular flexibility index (Phi) is 3.54. The number of benzene rings is 1. The summed E-state index contributed by atoms with van der Waals surface area (Å²) >= 11 is 0. The molecule has 94 valence electrons. The van der Waals surface area contributed by atoms with Gasteiger partial charge in [-0.05, 0) is 38.4 Å². The highest BCUT2D eigenvalue weighted by molar-refractivity contribution is 5.40. The lowest BCUT2D eigenvalue weighted by atomic mass is 10.1. The van der Waals surface area contributed by atoms with Gasteiger partial charge in [-0.15, -0.1) is 0 Å². The number of rotatable bonds is 3. The smallest absolute Gasteiger partial charge is 0.124 e. The van der Waals surface area contributed by atoms with Crippen LogP contribution in [-0.4, -0.2) is 34.7 Å². The molecule has 0 aromatic heterocycles. The first-order valence-electron chi connectivity index (χ1n) is 6.07. The number of hydrogen-bond acceptors (Lipinski definition) is 4. The summed E-state index contributed by atoms with van der Waals surface area (Å²) < 4.78 is 0. The first kappa shape index (κ1) is 12.2. The molecule has 1 aliphatic heterocycles. The molecule has 0 amide bonds. The standard InChI is InChI=1S/C13H20N2O2/c1-9(15-5-4-10(7-14)8-15)12-3-2-11(16)6-13(12)17/h2-3,6,9-10,16-17H,4-5,7-8,14H2,1H3. The van der Waals surface area contributed by atoms with E-state index in [0.717, 1.165) is 31.6 Å². The van der Waals surface area contributed by atoms with Crippen LogP contribution in [0.15, 0.2) is 18.2 Å². The van der Waals surface area contributed by atoms with Crippen molar-refractivity contribution in [3.63, 3.8) is 0 Å². The van der Waals surface area contributed by atoms with Crippen molar-refractivity contribution in [2.24, 2.45) is 11.7 Å². The van der Waals surface area contributed by atoms with E-state index in [2.05, 4.69) is 11.8 Å². The molecule has 2 rings (SSSR count). The number of aromatic hydroxyl groups is 2. The molecule has 17 heavy (non-hydrogen) atoms. The third kappa shape index (κ3) is 2.53. The summed E-state index contributed by atoms with van der Waals surface area (Å²) in [6.07, 6.45) is 1.12. The van der Waals surface area contributed by atoms with Gasteiger partial charge in [-0.2, -0.15) is 0 Å². The lowest BCUT2D eigenvalue weighted by molar-refractivity contribution is 0.248. The quantitative estimate of drug-likeness (QED) is 0.742. The Labute approximate surface area is 102 Å². The lowest BCUT2D eigenvalue weighted by Crippen LogP contribution is -2.26. The van der Waals surface area contributed by atoms with E-state index < -0.39 is 0 Å². The van der Waals surface area contributed by atoms with Crippen molar-refractivity contribution in [2.75, 3.05) is 19.6 Å². The fraction of sp³-hybridized carbons (Fsp3) is 0.538. The van der Waals surface area contributed by atoms with Crippen molar-refractivity contribution in [3.8, 4) is 11.5 Å². The van der Waals surface area contributed by atoms with Crippen LogP contribution in [0.5, 0.6) is 11.5 Å². The molecule has 4 nitrogen and oxygen atoms in total. The van der Waals surface area contributed by atoms with Gasteiger partial charge in [0.1, 0.15) is 11.5 Å². The fourth-order valence-electron chi connectivity index (χ4n) is 2.49. The second-order valence-electron chi connectivity index (χ2n) is 4.80. The topological polar surface area (TPSA) is 69.7 Å². The molecule has 1 aromatic rings. The molecule has 4 heteroatoms. The van der Waals surface area contributed by atoms with Gasteiger partial charge in [-0.3, -0.25) is 4.90 Å². The Morgan fingerprint density at radius 2 is 2.24 bits per heavy atom. The minimum absolute atomic E-state index is 0.0970. The predicted molar refractivity (Wildman–Crippen MR) is 66.9 cm³/mol. The Balaban J connectivity index is 2.12. The van der Waals surface area contributed by atoms with Gasteiger partial charge in [-0.25, -0.2) is 0 Å². The summed E-state index contributed by atoms with van der Waals surface area (Å²) in [4.78, 5) is 2.32. The Morgan fingerprint density at radius 3 is 2.82 bits per heavy atom. The largest absolute Gasteiger partial charge is 0.508 e. The van der Waals surface area contributed by atoms with Gasteiger partial charge in [-0.1, -0.05) is 6.07 Å².